The summed E-state index contributed by atoms with van der Waals surface area (Å²) in [7, 11) is 0. The van der Waals surface area contributed by atoms with E-state index in [-0.39, 0.29) is 23.8 Å². The van der Waals surface area contributed by atoms with E-state index in [1.807, 2.05) is 12.1 Å². The summed E-state index contributed by atoms with van der Waals surface area (Å²) in [5.41, 5.74) is 3.71. The number of nitrogens with one attached hydrogen (secondary N) is 1. The first kappa shape index (κ1) is 18.4. The molecule has 2 aliphatic rings. The van der Waals surface area contributed by atoms with Gasteiger partial charge in [-0.05, 0) is 60.9 Å². The van der Waals surface area contributed by atoms with Gasteiger partial charge in [0.05, 0.1) is 12.8 Å². The predicted octanol–water partition coefficient (Wildman–Crippen LogP) is 2.90. The van der Waals surface area contributed by atoms with Crippen LogP contribution < -0.4 is 10.2 Å². The molecule has 1 N–H and O–H groups in total. The molecule has 0 bridgehead atoms. The first-order chi connectivity index (χ1) is 12.5. The van der Waals surface area contributed by atoms with Crippen molar-refractivity contribution in [3.8, 4) is 5.75 Å². The minimum atomic E-state index is -0.393. The standard InChI is InChI=1S/C20H26N2O4/c1-3-25-17(23)13-26-15-9-7-14(8-10-15)12-21-22-19(24)18-16-6-4-5-11-20(16,18)2/h7-10,12,16,18H,3-6,11,13H2,1-2H3,(H,22,24)/b21-12-/t16-,18-,20-/m0/s1. The van der Waals surface area contributed by atoms with Gasteiger partial charge in [-0.25, -0.2) is 10.2 Å². The van der Waals surface area contributed by atoms with E-state index < -0.39 is 5.97 Å². The van der Waals surface area contributed by atoms with Gasteiger partial charge in [-0.3, -0.25) is 4.79 Å². The second-order valence-corrected chi connectivity index (χ2v) is 7.23. The van der Waals surface area contributed by atoms with Crippen molar-refractivity contribution in [1.29, 1.82) is 0 Å². The summed E-state index contributed by atoms with van der Waals surface area (Å²) in [5.74, 6) is 0.859. The molecule has 6 heteroatoms. The minimum absolute atomic E-state index is 0.0324. The van der Waals surface area contributed by atoms with E-state index in [4.69, 9.17) is 9.47 Å². The molecule has 0 radical (unpaired) electrons. The summed E-state index contributed by atoms with van der Waals surface area (Å²) < 4.78 is 10.1. The SMILES string of the molecule is CCOC(=O)COc1ccc(/C=N\NC(=O)[C@@H]2[C@@H]3CCCC[C@]23C)cc1. The molecule has 0 aliphatic heterocycles. The zero-order valence-corrected chi connectivity index (χ0v) is 15.4. The number of hydrogen-bond acceptors (Lipinski definition) is 5. The van der Waals surface area contributed by atoms with Crippen molar-refractivity contribution in [3.05, 3.63) is 29.8 Å². The summed E-state index contributed by atoms with van der Waals surface area (Å²) >= 11 is 0. The molecule has 2 fully saturated rings. The molecule has 2 aliphatic carbocycles. The van der Waals surface area contributed by atoms with Crippen LogP contribution in [0.2, 0.25) is 0 Å². The van der Waals surface area contributed by atoms with E-state index in [0.717, 1.165) is 18.4 Å². The number of esters is 1. The van der Waals surface area contributed by atoms with E-state index >= 15 is 0 Å². The van der Waals surface area contributed by atoms with Gasteiger partial charge >= 0.3 is 5.97 Å². The van der Waals surface area contributed by atoms with E-state index in [2.05, 4.69) is 17.5 Å². The lowest BCUT2D eigenvalue weighted by Crippen LogP contribution is -2.22. The molecule has 0 unspecified atom stereocenters. The molecule has 6 nitrogen and oxygen atoms in total. The van der Waals surface area contributed by atoms with Crippen LogP contribution in [0.5, 0.6) is 5.75 Å². The monoisotopic (exact) mass is 358 g/mol. The van der Waals surface area contributed by atoms with E-state index in [9.17, 15) is 9.59 Å². The van der Waals surface area contributed by atoms with Crippen LogP contribution in [0.3, 0.4) is 0 Å². The summed E-state index contributed by atoms with van der Waals surface area (Å²) in [5, 5.41) is 4.08. The third-order valence-corrected chi connectivity index (χ3v) is 5.54. The zero-order chi connectivity index (χ0) is 18.6. The number of ether oxygens (including phenoxy) is 2. The number of fused-ring (bicyclic) bond motifs is 1. The molecule has 2 saturated carbocycles. The molecule has 0 spiro atoms. The molecule has 3 rings (SSSR count). The average Bonchev–Trinajstić information content (AvgIpc) is 3.27. The van der Waals surface area contributed by atoms with Gasteiger partial charge in [0.15, 0.2) is 6.61 Å². The highest BCUT2D eigenvalue weighted by Crippen LogP contribution is 2.66. The molecule has 26 heavy (non-hydrogen) atoms. The van der Waals surface area contributed by atoms with Gasteiger partial charge in [0.25, 0.3) is 0 Å². The van der Waals surface area contributed by atoms with Gasteiger partial charge in [0.2, 0.25) is 5.91 Å². The number of benzene rings is 1. The molecule has 0 aromatic heterocycles. The highest BCUT2D eigenvalue weighted by Gasteiger charge is 2.64. The van der Waals surface area contributed by atoms with Crippen LogP contribution in [-0.2, 0) is 14.3 Å². The number of carbonyl (C=O) groups excluding carboxylic acids is 2. The molecule has 0 saturated heterocycles. The lowest BCUT2D eigenvalue weighted by atomic mass is 9.90. The van der Waals surface area contributed by atoms with Crippen LogP contribution in [0.25, 0.3) is 0 Å². The Kier molecular flexibility index (Phi) is 5.59. The number of hydrogen-bond donors (Lipinski definition) is 1. The molecule has 3 atom stereocenters. The number of carbonyl (C=O) groups is 2. The average molecular weight is 358 g/mol. The Labute approximate surface area is 153 Å². The molecular formula is C20H26N2O4. The van der Waals surface area contributed by atoms with Crippen LogP contribution >= 0.6 is 0 Å². The lowest BCUT2D eigenvalue weighted by molar-refractivity contribution is -0.145. The van der Waals surface area contributed by atoms with Gasteiger partial charge in [-0.1, -0.05) is 19.8 Å². The van der Waals surface area contributed by atoms with Crippen molar-refractivity contribution >= 4 is 18.1 Å². The molecule has 140 valence electrons. The highest BCUT2D eigenvalue weighted by molar-refractivity contribution is 5.86. The lowest BCUT2D eigenvalue weighted by Gasteiger charge is -2.15. The summed E-state index contributed by atoms with van der Waals surface area (Å²) in [6.07, 6.45) is 6.38. The highest BCUT2D eigenvalue weighted by atomic mass is 16.6. The first-order valence-electron chi connectivity index (χ1n) is 9.26. The fourth-order valence-electron chi connectivity index (χ4n) is 4.09. The van der Waals surface area contributed by atoms with Crippen LogP contribution in [0.1, 0.15) is 45.1 Å². The second-order valence-electron chi connectivity index (χ2n) is 7.23. The van der Waals surface area contributed by atoms with E-state index in [1.165, 1.54) is 12.8 Å². The van der Waals surface area contributed by atoms with Gasteiger partial charge in [-0.2, -0.15) is 5.10 Å². The van der Waals surface area contributed by atoms with E-state index in [0.29, 0.717) is 18.3 Å². The maximum absolute atomic E-state index is 12.3. The maximum atomic E-state index is 12.3. The van der Waals surface area contributed by atoms with Crippen LogP contribution in [0.15, 0.2) is 29.4 Å². The fourth-order valence-corrected chi connectivity index (χ4v) is 4.09. The Hall–Kier alpha value is -2.37. The Morgan fingerprint density at radius 1 is 1.31 bits per heavy atom. The molecular weight excluding hydrogens is 332 g/mol. The largest absolute Gasteiger partial charge is 0.482 e. The van der Waals surface area contributed by atoms with Crippen molar-refractivity contribution in [1.82, 2.24) is 5.43 Å². The van der Waals surface area contributed by atoms with Crippen LogP contribution in [-0.4, -0.2) is 31.3 Å². The fraction of sp³-hybridized carbons (Fsp3) is 0.550. The number of amides is 1. The smallest absolute Gasteiger partial charge is 0.344 e. The van der Waals surface area contributed by atoms with E-state index in [1.54, 1.807) is 25.3 Å². The topological polar surface area (TPSA) is 77.0 Å². The number of nitrogens with zero attached hydrogens (tertiary/aromatic N) is 1. The number of hydrazone groups is 1. The van der Waals surface area contributed by atoms with Gasteiger partial charge in [0, 0.05) is 5.92 Å². The zero-order valence-electron chi connectivity index (χ0n) is 15.4. The van der Waals surface area contributed by atoms with Crippen LogP contribution in [0, 0.1) is 17.3 Å². The minimum Gasteiger partial charge on any atom is -0.482 e. The third-order valence-electron chi connectivity index (χ3n) is 5.54. The first-order valence-corrected chi connectivity index (χ1v) is 9.26. The Bertz CT molecular complexity index is 686. The third kappa shape index (κ3) is 4.06. The Balaban J connectivity index is 1.45. The van der Waals surface area contributed by atoms with Gasteiger partial charge in [-0.15, -0.1) is 0 Å². The van der Waals surface area contributed by atoms with Crippen molar-refractivity contribution in [2.24, 2.45) is 22.4 Å². The van der Waals surface area contributed by atoms with Crippen molar-refractivity contribution in [3.63, 3.8) is 0 Å². The van der Waals surface area contributed by atoms with Crippen LogP contribution in [0.4, 0.5) is 0 Å². The summed E-state index contributed by atoms with van der Waals surface area (Å²) in [4.78, 5) is 23.6. The maximum Gasteiger partial charge on any atom is 0.344 e. The predicted molar refractivity (Wildman–Crippen MR) is 97.9 cm³/mol. The number of rotatable bonds is 7. The Morgan fingerprint density at radius 2 is 2.08 bits per heavy atom. The van der Waals surface area contributed by atoms with Crippen molar-refractivity contribution in [2.75, 3.05) is 13.2 Å². The molecule has 0 heterocycles. The normalized spacial score (nSPS) is 26.8. The van der Waals surface area contributed by atoms with Crippen molar-refractivity contribution < 1.29 is 19.1 Å². The van der Waals surface area contributed by atoms with Gasteiger partial charge in [0.1, 0.15) is 5.75 Å². The molecule has 1 amide bonds. The summed E-state index contributed by atoms with van der Waals surface area (Å²) in [6.45, 7) is 4.20. The molecule has 1 aromatic carbocycles. The Morgan fingerprint density at radius 3 is 2.73 bits per heavy atom. The molecule has 1 aromatic rings. The quantitative estimate of drug-likeness (QED) is 0.462. The summed E-state index contributed by atoms with van der Waals surface area (Å²) in [6, 6.07) is 7.13. The van der Waals surface area contributed by atoms with Crippen molar-refractivity contribution in [2.45, 2.75) is 39.5 Å². The van der Waals surface area contributed by atoms with Gasteiger partial charge < -0.3 is 9.47 Å². The second kappa shape index (κ2) is 7.89.